The molecule has 0 aliphatic heterocycles. The molecule has 0 heterocycles. The Balaban J connectivity index is 4.34. The summed E-state index contributed by atoms with van der Waals surface area (Å²) >= 11 is 0. The van der Waals surface area contributed by atoms with E-state index in [4.69, 9.17) is 14.2 Å². The van der Waals surface area contributed by atoms with Crippen LogP contribution in [-0.2, 0) is 28.6 Å². The van der Waals surface area contributed by atoms with E-state index in [1.54, 1.807) is 0 Å². The zero-order chi connectivity index (χ0) is 50.0. The molecule has 69 heavy (non-hydrogen) atoms. The molecule has 0 N–H and O–H groups in total. The SMILES string of the molecule is CCC/C=C\C/C=C\CCCCCCCC(=O)OCC(COC(=O)CCCCCCCCCCC/C=C\CCCCCCCC)OC(=O)CCCCCCCCCCC/C=C\CCCCCCCC. The summed E-state index contributed by atoms with van der Waals surface area (Å²) in [7, 11) is 0. The molecule has 0 aliphatic rings. The Kier molecular flexibility index (Phi) is 55.7. The van der Waals surface area contributed by atoms with Crippen LogP contribution >= 0.6 is 0 Å². The summed E-state index contributed by atoms with van der Waals surface area (Å²) in [5.41, 5.74) is 0. The predicted molar refractivity (Wildman–Crippen MR) is 298 cm³/mol. The highest BCUT2D eigenvalue weighted by atomic mass is 16.6. The van der Waals surface area contributed by atoms with Crippen molar-refractivity contribution in [2.75, 3.05) is 13.2 Å². The largest absolute Gasteiger partial charge is 0.462 e. The second kappa shape index (κ2) is 57.9. The molecule has 0 radical (unpaired) electrons. The predicted octanol–water partition coefficient (Wildman–Crippen LogP) is 20.2. The van der Waals surface area contributed by atoms with Gasteiger partial charge in [-0.05, 0) is 96.3 Å². The van der Waals surface area contributed by atoms with Crippen molar-refractivity contribution in [1.29, 1.82) is 0 Å². The van der Waals surface area contributed by atoms with Crippen LogP contribution in [0.25, 0.3) is 0 Å². The van der Waals surface area contributed by atoms with Crippen molar-refractivity contribution >= 4 is 17.9 Å². The Morgan fingerprint density at radius 3 is 0.870 bits per heavy atom. The van der Waals surface area contributed by atoms with Gasteiger partial charge in [-0.1, -0.05) is 249 Å². The maximum atomic E-state index is 12.9. The minimum atomic E-state index is -0.780. The number of unbranched alkanes of at least 4 members (excludes halogenated alkanes) is 36. The third kappa shape index (κ3) is 56.2. The quantitative estimate of drug-likeness (QED) is 0.0262. The Morgan fingerprint density at radius 1 is 0.290 bits per heavy atom. The smallest absolute Gasteiger partial charge is 0.306 e. The van der Waals surface area contributed by atoms with E-state index in [9.17, 15) is 14.4 Å². The number of esters is 3. The molecule has 0 bridgehead atoms. The van der Waals surface area contributed by atoms with Gasteiger partial charge in [0, 0.05) is 19.3 Å². The molecule has 0 aromatic carbocycles. The van der Waals surface area contributed by atoms with Gasteiger partial charge in [-0.2, -0.15) is 0 Å². The van der Waals surface area contributed by atoms with Crippen molar-refractivity contribution in [3.8, 4) is 0 Å². The lowest BCUT2D eigenvalue weighted by Gasteiger charge is -2.18. The summed E-state index contributed by atoms with van der Waals surface area (Å²) in [6.07, 6.45) is 71.0. The van der Waals surface area contributed by atoms with E-state index in [1.165, 1.54) is 193 Å². The molecule has 0 aromatic rings. The van der Waals surface area contributed by atoms with E-state index < -0.39 is 6.10 Å². The summed E-state index contributed by atoms with van der Waals surface area (Å²) in [5.74, 6) is -0.881. The highest BCUT2D eigenvalue weighted by Gasteiger charge is 2.19. The summed E-state index contributed by atoms with van der Waals surface area (Å²) in [4.78, 5) is 38.2. The summed E-state index contributed by atoms with van der Waals surface area (Å²) in [6, 6.07) is 0. The van der Waals surface area contributed by atoms with Gasteiger partial charge in [0.15, 0.2) is 6.10 Å². The molecule has 0 fully saturated rings. The fourth-order valence-corrected chi connectivity index (χ4v) is 8.71. The van der Waals surface area contributed by atoms with E-state index in [1.807, 2.05) is 0 Å². The van der Waals surface area contributed by atoms with Crippen LogP contribution in [-0.4, -0.2) is 37.2 Å². The number of carbonyl (C=O) groups is 3. The fraction of sp³-hybridized carbons (Fsp3) is 0.825. The van der Waals surface area contributed by atoms with Gasteiger partial charge in [-0.15, -0.1) is 0 Å². The zero-order valence-electron chi connectivity index (χ0n) is 46.1. The Bertz CT molecular complexity index is 1200. The molecule has 0 rings (SSSR count). The van der Waals surface area contributed by atoms with E-state index in [2.05, 4.69) is 69.4 Å². The van der Waals surface area contributed by atoms with E-state index in [-0.39, 0.29) is 31.1 Å². The lowest BCUT2D eigenvalue weighted by Crippen LogP contribution is -2.30. The maximum Gasteiger partial charge on any atom is 0.306 e. The summed E-state index contributed by atoms with van der Waals surface area (Å²) < 4.78 is 16.9. The van der Waals surface area contributed by atoms with Crippen LogP contribution in [0.2, 0.25) is 0 Å². The van der Waals surface area contributed by atoms with E-state index in [0.29, 0.717) is 19.3 Å². The molecule has 1 atom stereocenters. The van der Waals surface area contributed by atoms with E-state index >= 15 is 0 Å². The zero-order valence-corrected chi connectivity index (χ0v) is 46.1. The first-order chi connectivity index (χ1) is 34.0. The van der Waals surface area contributed by atoms with Gasteiger partial charge >= 0.3 is 17.9 Å². The van der Waals surface area contributed by atoms with Crippen molar-refractivity contribution in [3.05, 3.63) is 48.6 Å². The van der Waals surface area contributed by atoms with Crippen LogP contribution in [0.1, 0.15) is 316 Å². The van der Waals surface area contributed by atoms with Crippen molar-refractivity contribution in [2.45, 2.75) is 322 Å². The first-order valence-corrected chi connectivity index (χ1v) is 30.1. The van der Waals surface area contributed by atoms with Gasteiger partial charge in [0.2, 0.25) is 0 Å². The molecule has 0 saturated heterocycles. The van der Waals surface area contributed by atoms with Gasteiger partial charge < -0.3 is 14.2 Å². The van der Waals surface area contributed by atoms with Crippen LogP contribution in [0, 0.1) is 0 Å². The van der Waals surface area contributed by atoms with Crippen molar-refractivity contribution in [2.24, 2.45) is 0 Å². The Labute approximate surface area is 428 Å². The van der Waals surface area contributed by atoms with Gasteiger partial charge in [0.05, 0.1) is 0 Å². The van der Waals surface area contributed by atoms with Gasteiger partial charge in [-0.3, -0.25) is 14.4 Å². The average Bonchev–Trinajstić information content (AvgIpc) is 3.35. The van der Waals surface area contributed by atoms with Crippen molar-refractivity contribution in [1.82, 2.24) is 0 Å². The summed E-state index contributed by atoms with van der Waals surface area (Å²) in [5, 5.41) is 0. The number of ether oxygens (including phenoxy) is 3. The van der Waals surface area contributed by atoms with Crippen molar-refractivity contribution in [3.63, 3.8) is 0 Å². The minimum Gasteiger partial charge on any atom is -0.462 e. The molecule has 1 unspecified atom stereocenters. The van der Waals surface area contributed by atoms with Crippen molar-refractivity contribution < 1.29 is 28.6 Å². The van der Waals surface area contributed by atoms with Gasteiger partial charge in [0.25, 0.3) is 0 Å². The molecule has 0 aliphatic carbocycles. The second-order valence-electron chi connectivity index (χ2n) is 20.2. The fourth-order valence-electron chi connectivity index (χ4n) is 8.71. The van der Waals surface area contributed by atoms with Gasteiger partial charge in [-0.25, -0.2) is 0 Å². The monoisotopic (exact) mass is 967 g/mol. The lowest BCUT2D eigenvalue weighted by atomic mass is 10.1. The average molecular weight is 968 g/mol. The molecule has 6 nitrogen and oxygen atoms in total. The first kappa shape index (κ1) is 66.4. The normalized spacial score (nSPS) is 12.3. The summed E-state index contributed by atoms with van der Waals surface area (Å²) in [6.45, 7) is 6.59. The Hall–Kier alpha value is -2.63. The third-order valence-electron chi connectivity index (χ3n) is 13.3. The molecule has 0 amide bonds. The highest BCUT2D eigenvalue weighted by molar-refractivity contribution is 5.71. The first-order valence-electron chi connectivity index (χ1n) is 30.1. The number of rotatable bonds is 55. The molecule has 0 spiro atoms. The molecule has 6 heteroatoms. The number of allylic oxidation sites excluding steroid dienone is 8. The van der Waals surface area contributed by atoms with Crippen LogP contribution < -0.4 is 0 Å². The highest BCUT2D eigenvalue weighted by Crippen LogP contribution is 2.16. The number of hydrogen-bond acceptors (Lipinski definition) is 6. The Morgan fingerprint density at radius 2 is 0.551 bits per heavy atom. The van der Waals surface area contributed by atoms with Crippen LogP contribution in [0.3, 0.4) is 0 Å². The van der Waals surface area contributed by atoms with Crippen LogP contribution in [0.5, 0.6) is 0 Å². The second-order valence-corrected chi connectivity index (χ2v) is 20.2. The lowest BCUT2D eigenvalue weighted by molar-refractivity contribution is -0.167. The molecule has 402 valence electrons. The molecular weight excluding hydrogens is 853 g/mol. The van der Waals surface area contributed by atoms with Gasteiger partial charge in [0.1, 0.15) is 13.2 Å². The maximum absolute atomic E-state index is 12.9. The standard InChI is InChI=1S/C63H114O6/c1-4-7-10-13-16-19-22-25-27-29-31-33-35-38-41-44-47-50-53-56-62(65)68-59-60(58-67-61(64)55-52-49-46-43-40-37-24-21-18-15-12-9-6-3)69-63(66)57-54-51-48-45-42-39-36-34-32-30-28-26-23-20-17-14-11-8-5-2/h12,15,21,24-28,60H,4-11,13-14,16-20,22-23,29-59H2,1-3H3/b15-12-,24-21-,27-25-,28-26-. The number of hydrogen-bond donors (Lipinski definition) is 0. The third-order valence-corrected chi connectivity index (χ3v) is 13.3. The topological polar surface area (TPSA) is 78.9 Å². The van der Waals surface area contributed by atoms with E-state index in [0.717, 1.165) is 83.5 Å². The molecule has 0 saturated carbocycles. The molecular formula is C63H114O6. The van der Waals surface area contributed by atoms with Crippen LogP contribution in [0.4, 0.5) is 0 Å². The molecule has 0 aromatic heterocycles. The minimum absolute atomic E-state index is 0.0777. The number of carbonyl (C=O) groups excluding carboxylic acids is 3. The van der Waals surface area contributed by atoms with Crippen LogP contribution in [0.15, 0.2) is 48.6 Å².